The zero-order valence-corrected chi connectivity index (χ0v) is 22.9. The third-order valence-corrected chi connectivity index (χ3v) is 8.44. The maximum absolute atomic E-state index is 12.3. The van der Waals surface area contributed by atoms with Gasteiger partial charge in [-0.25, -0.2) is 23.6 Å². The molecule has 1 aliphatic rings. The lowest BCUT2D eigenvalue weighted by Crippen LogP contribution is -2.36. The number of hydrogen-bond donors (Lipinski definition) is 3. The monoisotopic (exact) mass is 576 g/mol. The Kier molecular flexibility index (Phi) is 7.87. The minimum atomic E-state index is -3.28. The number of benzene rings is 2. The van der Waals surface area contributed by atoms with E-state index in [-0.39, 0.29) is 4.90 Å². The van der Waals surface area contributed by atoms with Crippen molar-refractivity contribution in [2.75, 3.05) is 42.8 Å². The van der Waals surface area contributed by atoms with Gasteiger partial charge < -0.3 is 15.0 Å². The molecule has 1 fully saturated rings. The number of urea groups is 1. The standard InChI is InChI=1S/C26H24N8O4S2/c1-40(36,37)20-8-2-17(3-9-20)15-29-33-26(35)31-19-6-4-18(5-7-19)22-21(14-27)25(34-10-12-38-13-11-34)39-23(22)24-28-16-30-32-24/h2-9,15-16H,10-13H2,1H3,(H,28,30,32)(H2,31,33,35)/b29-15+. The van der Waals surface area contributed by atoms with E-state index in [1.165, 1.54) is 36.0 Å². The van der Waals surface area contributed by atoms with Crippen LogP contribution in [-0.4, -0.2) is 68.4 Å². The molecule has 12 nitrogen and oxygen atoms in total. The van der Waals surface area contributed by atoms with Gasteiger partial charge in [-0.15, -0.1) is 11.3 Å². The Hall–Kier alpha value is -4.58. The molecule has 3 N–H and O–H groups in total. The number of morpholine rings is 1. The fourth-order valence-electron chi connectivity index (χ4n) is 4.11. The number of hydrazone groups is 1. The average molecular weight is 577 g/mol. The summed E-state index contributed by atoms with van der Waals surface area (Å²) in [5.41, 5.74) is 5.62. The number of thiophene rings is 1. The summed E-state index contributed by atoms with van der Waals surface area (Å²) in [5, 5.41) is 24.5. The van der Waals surface area contributed by atoms with Crippen LogP contribution in [-0.2, 0) is 14.6 Å². The van der Waals surface area contributed by atoms with Crippen molar-refractivity contribution in [3.05, 3.63) is 66.0 Å². The summed E-state index contributed by atoms with van der Waals surface area (Å²) < 4.78 is 28.6. The van der Waals surface area contributed by atoms with Crippen molar-refractivity contribution in [3.63, 3.8) is 0 Å². The van der Waals surface area contributed by atoms with Crippen molar-refractivity contribution in [1.29, 1.82) is 5.26 Å². The van der Waals surface area contributed by atoms with E-state index >= 15 is 0 Å². The SMILES string of the molecule is CS(=O)(=O)c1ccc(/C=N/NC(=O)Nc2ccc(-c3c(-c4ncn[nH]4)sc(N4CCOCC4)c3C#N)cc2)cc1. The van der Waals surface area contributed by atoms with Gasteiger partial charge >= 0.3 is 6.03 Å². The van der Waals surface area contributed by atoms with Crippen molar-refractivity contribution in [3.8, 4) is 27.9 Å². The largest absolute Gasteiger partial charge is 0.378 e. The molecule has 0 bridgehead atoms. The molecule has 0 atom stereocenters. The highest BCUT2D eigenvalue weighted by Gasteiger charge is 2.26. The number of rotatable bonds is 7. The molecule has 5 rings (SSSR count). The Morgan fingerprint density at radius 1 is 1.18 bits per heavy atom. The Bertz CT molecular complexity index is 1670. The highest BCUT2D eigenvalue weighted by molar-refractivity contribution is 7.90. The number of H-pyrrole nitrogens is 1. The van der Waals surface area contributed by atoms with Crippen LogP contribution in [0.3, 0.4) is 0 Å². The Morgan fingerprint density at radius 2 is 1.90 bits per heavy atom. The summed E-state index contributed by atoms with van der Waals surface area (Å²) in [5.74, 6) is 0.571. The van der Waals surface area contributed by atoms with E-state index < -0.39 is 15.9 Å². The highest BCUT2D eigenvalue weighted by Crippen LogP contribution is 2.46. The molecule has 204 valence electrons. The predicted octanol–water partition coefficient (Wildman–Crippen LogP) is 3.47. The third-order valence-electron chi connectivity index (χ3n) is 6.05. The van der Waals surface area contributed by atoms with Crippen LogP contribution < -0.4 is 15.6 Å². The number of carbonyl (C=O) groups excluding carboxylic acids is 1. The molecule has 0 radical (unpaired) electrons. The average Bonchev–Trinajstić information content (AvgIpc) is 3.62. The number of nitriles is 1. The molecule has 2 aromatic heterocycles. The molecule has 14 heteroatoms. The molecule has 0 spiro atoms. The number of amides is 2. The number of ether oxygens (including phenoxy) is 1. The maximum Gasteiger partial charge on any atom is 0.339 e. The van der Waals surface area contributed by atoms with Crippen LogP contribution in [0.25, 0.3) is 21.8 Å². The van der Waals surface area contributed by atoms with Crippen LogP contribution in [0.1, 0.15) is 11.1 Å². The second kappa shape index (κ2) is 11.7. The first-order valence-electron chi connectivity index (χ1n) is 12.1. The fraction of sp³-hybridized carbons (Fsp3) is 0.192. The number of nitrogens with zero attached hydrogens (tertiary/aromatic N) is 5. The van der Waals surface area contributed by atoms with Crippen LogP contribution >= 0.6 is 11.3 Å². The molecule has 1 aliphatic heterocycles. The van der Waals surface area contributed by atoms with Crippen LogP contribution in [0, 0.1) is 11.3 Å². The number of aromatic amines is 1. The summed E-state index contributed by atoms with van der Waals surface area (Å²) in [6.07, 6.45) is 3.97. The molecular weight excluding hydrogens is 552 g/mol. The van der Waals surface area contributed by atoms with Gasteiger partial charge in [-0.3, -0.25) is 5.10 Å². The molecule has 0 saturated carbocycles. The molecule has 1 saturated heterocycles. The van der Waals surface area contributed by atoms with Crippen LogP contribution in [0.15, 0.2) is 64.9 Å². The van der Waals surface area contributed by atoms with Gasteiger partial charge in [0, 0.05) is 30.6 Å². The maximum atomic E-state index is 12.3. The second-order valence-corrected chi connectivity index (χ2v) is 11.8. The highest BCUT2D eigenvalue weighted by atomic mass is 32.2. The van der Waals surface area contributed by atoms with Gasteiger partial charge in [0.05, 0.1) is 34.8 Å². The lowest BCUT2D eigenvalue weighted by molar-refractivity contribution is 0.123. The fourth-order valence-corrected chi connectivity index (χ4v) is 6.02. The lowest BCUT2D eigenvalue weighted by atomic mass is 10.0. The first-order chi connectivity index (χ1) is 19.3. The molecule has 0 unspecified atom stereocenters. The van der Waals surface area contributed by atoms with E-state index in [1.54, 1.807) is 24.3 Å². The van der Waals surface area contributed by atoms with Gasteiger partial charge in [-0.2, -0.15) is 15.5 Å². The summed E-state index contributed by atoms with van der Waals surface area (Å²) >= 11 is 1.48. The van der Waals surface area contributed by atoms with Crippen molar-refractivity contribution in [2.24, 2.45) is 5.10 Å². The third kappa shape index (κ3) is 6.01. The number of carbonyl (C=O) groups is 1. The summed E-state index contributed by atoms with van der Waals surface area (Å²) in [7, 11) is -3.28. The first kappa shape index (κ1) is 27.0. The van der Waals surface area contributed by atoms with E-state index in [9.17, 15) is 18.5 Å². The molecular formula is C26H24N8O4S2. The molecule has 40 heavy (non-hydrogen) atoms. The number of nitrogens with one attached hydrogen (secondary N) is 3. The molecule has 2 amide bonds. The first-order valence-corrected chi connectivity index (χ1v) is 14.8. The van der Waals surface area contributed by atoms with E-state index in [0.29, 0.717) is 48.9 Å². The van der Waals surface area contributed by atoms with Crippen LogP contribution in [0.2, 0.25) is 0 Å². The van der Waals surface area contributed by atoms with Gasteiger partial charge in [0.25, 0.3) is 0 Å². The minimum absolute atomic E-state index is 0.202. The zero-order chi connectivity index (χ0) is 28.1. The van der Waals surface area contributed by atoms with Gasteiger partial charge in [0.15, 0.2) is 15.7 Å². The number of anilines is 2. The number of hydrogen-bond acceptors (Lipinski definition) is 10. The van der Waals surface area contributed by atoms with Crippen molar-refractivity contribution in [1.82, 2.24) is 20.6 Å². The van der Waals surface area contributed by atoms with Gasteiger partial charge in [-0.05, 0) is 35.4 Å². The van der Waals surface area contributed by atoms with Crippen molar-refractivity contribution in [2.45, 2.75) is 4.90 Å². The molecule has 3 heterocycles. The number of sulfone groups is 1. The van der Waals surface area contributed by atoms with E-state index in [4.69, 9.17) is 4.74 Å². The summed E-state index contributed by atoms with van der Waals surface area (Å²) in [6.45, 7) is 2.57. The Morgan fingerprint density at radius 3 is 2.52 bits per heavy atom. The van der Waals surface area contributed by atoms with Crippen molar-refractivity contribution >= 4 is 44.1 Å². The summed E-state index contributed by atoms with van der Waals surface area (Å²) in [4.78, 5) is 19.8. The van der Waals surface area contributed by atoms with E-state index in [1.807, 2.05) is 12.1 Å². The van der Waals surface area contributed by atoms with E-state index in [0.717, 1.165) is 27.3 Å². The minimum Gasteiger partial charge on any atom is -0.378 e. The quantitative estimate of drug-likeness (QED) is 0.222. The van der Waals surface area contributed by atoms with Crippen LogP contribution in [0.5, 0.6) is 0 Å². The second-order valence-electron chi connectivity index (χ2n) is 8.77. The summed E-state index contributed by atoms with van der Waals surface area (Å²) in [6, 6.07) is 15.1. The number of aromatic nitrogens is 3. The Labute approximate surface area is 234 Å². The van der Waals surface area contributed by atoms with Gasteiger partial charge in [0.1, 0.15) is 17.4 Å². The normalized spacial score (nSPS) is 13.8. The van der Waals surface area contributed by atoms with Gasteiger partial charge in [-0.1, -0.05) is 24.3 Å². The molecule has 4 aromatic rings. The van der Waals surface area contributed by atoms with Crippen molar-refractivity contribution < 1.29 is 17.9 Å². The molecule has 0 aliphatic carbocycles. The molecule has 2 aromatic carbocycles. The predicted molar refractivity (Wildman–Crippen MR) is 152 cm³/mol. The van der Waals surface area contributed by atoms with Gasteiger partial charge in [0.2, 0.25) is 0 Å². The zero-order valence-electron chi connectivity index (χ0n) is 21.3. The Balaban J connectivity index is 1.31. The van der Waals surface area contributed by atoms with E-state index in [2.05, 4.69) is 42.0 Å². The lowest BCUT2D eigenvalue weighted by Gasteiger charge is -2.27. The topological polar surface area (TPSA) is 165 Å². The smallest absolute Gasteiger partial charge is 0.339 e. The van der Waals surface area contributed by atoms with Crippen LogP contribution in [0.4, 0.5) is 15.5 Å².